The summed E-state index contributed by atoms with van der Waals surface area (Å²) in [6, 6.07) is 5.96. The molecule has 1 aliphatic rings. The largest absolute Gasteiger partial charge is 0.351 e. The predicted octanol–water partition coefficient (Wildman–Crippen LogP) is -0.424. The topological polar surface area (TPSA) is 108 Å². The Hall–Kier alpha value is -3.20. The number of halogens is 2. The van der Waals surface area contributed by atoms with Gasteiger partial charge in [0.1, 0.15) is 11.6 Å². The third kappa shape index (κ3) is 2.96. The lowest BCUT2D eigenvalue weighted by atomic mass is 9.91. The van der Waals surface area contributed by atoms with Crippen LogP contribution in [0.15, 0.2) is 36.5 Å². The highest BCUT2D eigenvalue weighted by Crippen LogP contribution is 2.26. The van der Waals surface area contributed by atoms with Crippen molar-refractivity contribution in [2.24, 2.45) is 5.92 Å². The Bertz CT molecular complexity index is 887. The number of fused-ring (bicyclic) bond motifs is 1. The van der Waals surface area contributed by atoms with Gasteiger partial charge in [-0.2, -0.15) is 5.06 Å². The second kappa shape index (κ2) is 6.36. The number of benzene rings is 1. The first-order chi connectivity index (χ1) is 11.9. The number of hydrogen-bond donors (Lipinski definition) is 3. The fraction of sp³-hybridized carbons (Fsp3) is 0.125. The second-order valence-electron chi connectivity index (χ2n) is 5.37. The van der Waals surface area contributed by atoms with E-state index in [-0.39, 0.29) is 34.3 Å². The highest BCUT2D eigenvalue weighted by Gasteiger charge is 2.45. The van der Waals surface area contributed by atoms with Gasteiger partial charge in [0.2, 0.25) is 17.5 Å². The summed E-state index contributed by atoms with van der Waals surface area (Å²) in [5, 5.41) is 18.4. The van der Waals surface area contributed by atoms with Crippen LogP contribution in [-0.4, -0.2) is 27.7 Å². The summed E-state index contributed by atoms with van der Waals surface area (Å²) in [7, 11) is 0. The van der Waals surface area contributed by atoms with Crippen molar-refractivity contribution in [3.05, 3.63) is 59.3 Å². The van der Waals surface area contributed by atoms with Crippen molar-refractivity contribution in [2.45, 2.75) is 6.54 Å². The van der Waals surface area contributed by atoms with Gasteiger partial charge in [0.25, 0.3) is 5.91 Å². The van der Waals surface area contributed by atoms with E-state index in [2.05, 4.69) is 10.3 Å². The molecule has 2 amide bonds. The van der Waals surface area contributed by atoms with E-state index >= 15 is 0 Å². The normalized spacial score (nSPS) is 16.6. The Morgan fingerprint density at radius 3 is 2.84 bits per heavy atom. The molecule has 2 heterocycles. The number of carbonyl (C=O) groups excluding carboxylic acids is 2. The Balaban J connectivity index is 1.80. The SMILES string of the molecule is [NH2+]=C1c2cccnc2N(O)C(=O)C1C(=O)NCc1ccc(F)cc1F. The lowest BCUT2D eigenvalue weighted by Gasteiger charge is -2.25. The van der Waals surface area contributed by atoms with Crippen LogP contribution in [0.25, 0.3) is 0 Å². The van der Waals surface area contributed by atoms with Gasteiger partial charge >= 0.3 is 0 Å². The molecule has 1 atom stereocenters. The van der Waals surface area contributed by atoms with Crippen LogP contribution in [0.1, 0.15) is 11.1 Å². The van der Waals surface area contributed by atoms with E-state index in [0.717, 1.165) is 6.07 Å². The monoisotopic (exact) mass is 347 g/mol. The zero-order valence-corrected chi connectivity index (χ0v) is 12.7. The third-order valence-electron chi connectivity index (χ3n) is 3.80. The van der Waals surface area contributed by atoms with Gasteiger partial charge in [-0.15, -0.1) is 0 Å². The molecule has 3 rings (SSSR count). The first-order valence-corrected chi connectivity index (χ1v) is 7.22. The molecule has 0 saturated carbocycles. The zero-order valence-electron chi connectivity index (χ0n) is 12.7. The van der Waals surface area contributed by atoms with Gasteiger partial charge in [0, 0.05) is 24.4 Å². The molecule has 4 N–H and O–H groups in total. The van der Waals surface area contributed by atoms with Crippen molar-refractivity contribution in [2.75, 3.05) is 5.06 Å². The van der Waals surface area contributed by atoms with Crippen molar-refractivity contribution in [3.8, 4) is 0 Å². The van der Waals surface area contributed by atoms with E-state index < -0.39 is 29.4 Å². The van der Waals surface area contributed by atoms with Gasteiger partial charge in [0.15, 0.2) is 5.82 Å². The predicted molar refractivity (Wildman–Crippen MR) is 81.2 cm³/mol. The molecule has 1 aromatic heterocycles. The summed E-state index contributed by atoms with van der Waals surface area (Å²) < 4.78 is 26.5. The molecule has 0 spiro atoms. The highest BCUT2D eigenvalue weighted by atomic mass is 19.1. The molecule has 7 nitrogen and oxygen atoms in total. The number of hydroxylamine groups is 1. The Morgan fingerprint density at radius 1 is 1.36 bits per heavy atom. The molecule has 0 fully saturated rings. The number of pyridine rings is 1. The molecule has 9 heteroatoms. The fourth-order valence-corrected chi connectivity index (χ4v) is 2.51. The lowest BCUT2D eigenvalue weighted by molar-refractivity contribution is -0.142. The van der Waals surface area contributed by atoms with Crippen LogP contribution in [0, 0.1) is 17.6 Å². The maximum absolute atomic E-state index is 13.6. The van der Waals surface area contributed by atoms with Gasteiger partial charge in [-0.1, -0.05) is 6.07 Å². The molecular weight excluding hydrogens is 334 g/mol. The van der Waals surface area contributed by atoms with E-state index in [1.165, 1.54) is 24.4 Å². The minimum Gasteiger partial charge on any atom is -0.351 e. The summed E-state index contributed by atoms with van der Waals surface area (Å²) >= 11 is 0. The standard InChI is InChI=1S/C16H12F2N4O3/c17-9-4-3-8(11(18)6-9)7-21-15(23)12-13(19)10-2-1-5-20-14(10)22(25)16(12)24/h1-6,12,19,25H,7H2,(H,21,23)/p+1. The van der Waals surface area contributed by atoms with Crippen molar-refractivity contribution in [1.29, 1.82) is 0 Å². The quantitative estimate of drug-likeness (QED) is 0.517. The van der Waals surface area contributed by atoms with Crippen molar-refractivity contribution in [1.82, 2.24) is 10.3 Å². The van der Waals surface area contributed by atoms with Crippen molar-refractivity contribution in [3.63, 3.8) is 0 Å². The maximum Gasteiger partial charge on any atom is 0.275 e. The summed E-state index contributed by atoms with van der Waals surface area (Å²) in [4.78, 5) is 28.4. The first-order valence-electron chi connectivity index (χ1n) is 7.22. The molecule has 1 aromatic carbocycles. The number of carbonyl (C=O) groups is 2. The molecule has 1 unspecified atom stereocenters. The van der Waals surface area contributed by atoms with E-state index in [1.807, 2.05) is 0 Å². The number of nitrogens with two attached hydrogens (primary N) is 1. The van der Waals surface area contributed by atoms with Crippen LogP contribution in [-0.2, 0) is 16.1 Å². The Kier molecular flexibility index (Phi) is 4.24. The number of aromatic nitrogens is 1. The fourth-order valence-electron chi connectivity index (χ4n) is 2.51. The van der Waals surface area contributed by atoms with Gasteiger partial charge in [0.05, 0.1) is 5.56 Å². The molecular formula is C16H13F2N4O3+. The van der Waals surface area contributed by atoms with Gasteiger partial charge in [-0.3, -0.25) is 20.2 Å². The van der Waals surface area contributed by atoms with Gasteiger partial charge < -0.3 is 5.32 Å². The third-order valence-corrected chi connectivity index (χ3v) is 3.80. The van der Waals surface area contributed by atoms with Gasteiger partial charge in [-0.05, 0) is 18.2 Å². The summed E-state index contributed by atoms with van der Waals surface area (Å²) in [6.45, 7) is -0.271. The van der Waals surface area contributed by atoms with Crippen molar-refractivity contribution < 1.29 is 29.0 Å². The molecule has 25 heavy (non-hydrogen) atoms. The molecule has 0 aliphatic carbocycles. The number of amides is 2. The van der Waals surface area contributed by atoms with Crippen LogP contribution in [0.5, 0.6) is 0 Å². The molecule has 0 saturated heterocycles. The van der Waals surface area contributed by atoms with Gasteiger partial charge in [-0.25, -0.2) is 13.8 Å². The second-order valence-corrected chi connectivity index (χ2v) is 5.37. The summed E-state index contributed by atoms with van der Waals surface area (Å²) in [5.41, 5.74) is 0.215. The average Bonchev–Trinajstić information content (AvgIpc) is 2.59. The van der Waals surface area contributed by atoms with Crippen LogP contribution < -0.4 is 15.8 Å². The number of anilines is 1. The van der Waals surface area contributed by atoms with Crippen LogP contribution in [0.3, 0.4) is 0 Å². The van der Waals surface area contributed by atoms with E-state index in [4.69, 9.17) is 5.41 Å². The number of hydrogen-bond acceptors (Lipinski definition) is 4. The summed E-state index contributed by atoms with van der Waals surface area (Å²) in [5.74, 6) is -4.91. The number of nitrogens with one attached hydrogen (secondary N) is 1. The average molecular weight is 347 g/mol. The Morgan fingerprint density at radius 2 is 2.12 bits per heavy atom. The number of rotatable bonds is 3. The lowest BCUT2D eigenvalue weighted by Crippen LogP contribution is -2.59. The molecule has 0 radical (unpaired) electrons. The molecule has 128 valence electrons. The van der Waals surface area contributed by atoms with Crippen LogP contribution in [0.4, 0.5) is 14.6 Å². The van der Waals surface area contributed by atoms with E-state index in [0.29, 0.717) is 6.07 Å². The summed E-state index contributed by atoms with van der Waals surface area (Å²) in [6.07, 6.45) is 1.36. The molecule has 0 bridgehead atoms. The zero-order chi connectivity index (χ0) is 18.1. The van der Waals surface area contributed by atoms with Crippen LogP contribution >= 0.6 is 0 Å². The van der Waals surface area contributed by atoms with Crippen molar-refractivity contribution >= 4 is 23.3 Å². The molecule has 1 aliphatic heterocycles. The van der Waals surface area contributed by atoms with E-state index in [1.54, 1.807) is 0 Å². The molecule has 2 aromatic rings. The first kappa shape index (κ1) is 16.7. The maximum atomic E-state index is 13.6. The smallest absolute Gasteiger partial charge is 0.275 e. The number of nitrogens with zero attached hydrogens (tertiary/aromatic N) is 2. The minimum absolute atomic E-state index is 0.0412. The minimum atomic E-state index is -1.48. The van der Waals surface area contributed by atoms with E-state index in [9.17, 15) is 23.6 Å². The Labute approximate surface area is 140 Å². The highest BCUT2D eigenvalue weighted by molar-refractivity contribution is 6.29. The van der Waals surface area contributed by atoms with Crippen LogP contribution in [0.2, 0.25) is 0 Å².